The summed E-state index contributed by atoms with van der Waals surface area (Å²) in [5.74, 6) is 1.09. The van der Waals surface area contributed by atoms with Gasteiger partial charge in [-0.3, -0.25) is 9.69 Å². The van der Waals surface area contributed by atoms with Gasteiger partial charge < -0.3 is 5.11 Å². The van der Waals surface area contributed by atoms with Gasteiger partial charge in [0.05, 0.1) is 5.75 Å². The van der Waals surface area contributed by atoms with Crippen molar-refractivity contribution in [3.05, 3.63) is 71.8 Å². The second-order valence-corrected chi connectivity index (χ2v) is 8.03. The largest absolute Gasteiger partial charge is 0.369 e. The van der Waals surface area contributed by atoms with Crippen LogP contribution in [0.5, 0.6) is 0 Å². The van der Waals surface area contributed by atoms with E-state index in [4.69, 9.17) is 0 Å². The first kappa shape index (κ1) is 20.7. The molecule has 0 saturated carbocycles. The van der Waals surface area contributed by atoms with Gasteiger partial charge in [0.2, 0.25) is 0 Å². The highest BCUT2D eigenvalue weighted by Crippen LogP contribution is 2.20. The van der Waals surface area contributed by atoms with Gasteiger partial charge in [0.1, 0.15) is 5.78 Å². The average Bonchev–Trinajstić information content (AvgIpc) is 2.65. The number of aliphatic hydroxyl groups is 1. The van der Waals surface area contributed by atoms with E-state index in [2.05, 4.69) is 38.1 Å². The van der Waals surface area contributed by atoms with E-state index >= 15 is 0 Å². The van der Waals surface area contributed by atoms with E-state index in [1.165, 1.54) is 11.8 Å². The smallest absolute Gasteiger partial charge is 0.156 e. The number of ketones is 1. The summed E-state index contributed by atoms with van der Waals surface area (Å²) >= 11 is 1.31. The topological polar surface area (TPSA) is 40.5 Å². The Morgan fingerprint density at radius 3 is 1.92 bits per heavy atom. The van der Waals surface area contributed by atoms with Crippen molar-refractivity contribution in [1.29, 1.82) is 0 Å². The molecule has 0 aromatic heterocycles. The predicted molar refractivity (Wildman–Crippen MR) is 110 cm³/mol. The molecular formula is C22H29NO2S. The number of Topliss-reactive ketones (excluding diaryl/α,β-unsaturated/α-hetero) is 1. The molecular weight excluding hydrogens is 342 g/mol. The highest BCUT2D eigenvalue weighted by Gasteiger charge is 2.18. The number of hydrogen-bond acceptors (Lipinski definition) is 4. The van der Waals surface area contributed by atoms with Crippen molar-refractivity contribution < 1.29 is 9.90 Å². The summed E-state index contributed by atoms with van der Waals surface area (Å²) < 4.78 is 0. The molecule has 2 aromatic rings. The van der Waals surface area contributed by atoms with Crippen LogP contribution < -0.4 is 0 Å². The van der Waals surface area contributed by atoms with Crippen molar-refractivity contribution >= 4 is 17.5 Å². The maximum Gasteiger partial charge on any atom is 0.156 e. The van der Waals surface area contributed by atoms with Gasteiger partial charge in [-0.05, 0) is 23.5 Å². The van der Waals surface area contributed by atoms with E-state index in [0.29, 0.717) is 31.2 Å². The van der Waals surface area contributed by atoms with Crippen LogP contribution in [0.1, 0.15) is 37.8 Å². The van der Waals surface area contributed by atoms with E-state index in [1.807, 2.05) is 41.3 Å². The molecule has 1 N–H and O–H groups in total. The zero-order valence-electron chi connectivity index (χ0n) is 15.7. The molecule has 0 bridgehead atoms. The summed E-state index contributed by atoms with van der Waals surface area (Å²) in [4.78, 5) is 14.0. The number of rotatable bonds is 11. The molecule has 3 nitrogen and oxygen atoms in total. The van der Waals surface area contributed by atoms with Crippen LogP contribution >= 0.6 is 11.8 Å². The number of carbonyl (C=O) groups is 1. The number of nitrogens with zero attached hydrogens (tertiary/aromatic N) is 1. The lowest BCUT2D eigenvalue weighted by atomic mass is 10.1. The summed E-state index contributed by atoms with van der Waals surface area (Å²) in [7, 11) is 0. The standard InChI is InChI=1S/C22H29NO2S/c1-18(2)13-14-21(24)17-26-22(25)23(15-19-9-5-3-6-10-19)16-20-11-7-4-8-12-20/h3-12,18,22,25H,13-17H2,1-2H3/t22-/m0/s1. The van der Waals surface area contributed by atoms with Crippen molar-refractivity contribution in [3.8, 4) is 0 Å². The highest BCUT2D eigenvalue weighted by molar-refractivity contribution is 8.00. The number of benzene rings is 2. The maximum atomic E-state index is 12.0. The maximum absolute atomic E-state index is 12.0. The fraction of sp³-hybridized carbons (Fsp3) is 0.409. The number of aliphatic hydroxyl groups excluding tert-OH is 1. The lowest BCUT2D eigenvalue weighted by molar-refractivity contribution is -0.116. The van der Waals surface area contributed by atoms with Crippen molar-refractivity contribution in [2.45, 2.75) is 45.3 Å². The molecule has 0 unspecified atom stereocenters. The molecule has 0 radical (unpaired) electrons. The summed E-state index contributed by atoms with van der Waals surface area (Å²) in [5.41, 5.74) is 1.59. The quantitative estimate of drug-likeness (QED) is 0.581. The van der Waals surface area contributed by atoms with E-state index in [1.54, 1.807) is 0 Å². The average molecular weight is 372 g/mol. The molecule has 0 fully saturated rings. The first-order valence-electron chi connectivity index (χ1n) is 9.18. The van der Waals surface area contributed by atoms with E-state index in [9.17, 15) is 9.90 Å². The first-order valence-corrected chi connectivity index (χ1v) is 10.2. The van der Waals surface area contributed by atoms with Crippen molar-refractivity contribution in [2.75, 3.05) is 5.75 Å². The molecule has 0 amide bonds. The Balaban J connectivity index is 1.96. The van der Waals surface area contributed by atoms with Gasteiger partial charge >= 0.3 is 0 Å². The summed E-state index contributed by atoms with van der Waals surface area (Å²) in [6.07, 6.45) is 1.50. The zero-order chi connectivity index (χ0) is 18.8. The molecule has 26 heavy (non-hydrogen) atoms. The Labute approximate surface area is 161 Å². The number of hydrogen-bond donors (Lipinski definition) is 1. The minimum atomic E-state index is -0.710. The third-order valence-electron chi connectivity index (χ3n) is 4.16. The Hall–Kier alpha value is -1.62. The molecule has 0 aliphatic heterocycles. The summed E-state index contributed by atoms with van der Waals surface area (Å²) in [6, 6.07) is 20.2. The molecule has 2 rings (SSSR count). The van der Waals surface area contributed by atoms with Crippen LogP contribution in [0.15, 0.2) is 60.7 Å². The lowest BCUT2D eigenvalue weighted by Crippen LogP contribution is -2.32. The van der Waals surface area contributed by atoms with E-state index < -0.39 is 5.56 Å². The van der Waals surface area contributed by atoms with Gasteiger partial charge in [0, 0.05) is 19.5 Å². The van der Waals surface area contributed by atoms with Crippen LogP contribution in [0.25, 0.3) is 0 Å². The van der Waals surface area contributed by atoms with E-state index in [-0.39, 0.29) is 5.78 Å². The second kappa shape index (κ2) is 11.2. The van der Waals surface area contributed by atoms with Gasteiger partial charge in [0.15, 0.2) is 5.56 Å². The van der Waals surface area contributed by atoms with Crippen molar-refractivity contribution in [1.82, 2.24) is 4.90 Å². The second-order valence-electron chi connectivity index (χ2n) is 6.98. The van der Waals surface area contributed by atoms with Gasteiger partial charge in [-0.25, -0.2) is 0 Å². The van der Waals surface area contributed by atoms with Crippen LogP contribution in [-0.4, -0.2) is 27.1 Å². The molecule has 0 heterocycles. The Bertz CT molecular complexity index is 604. The minimum Gasteiger partial charge on any atom is -0.369 e. The highest BCUT2D eigenvalue weighted by atomic mass is 32.2. The predicted octanol–water partition coefficient (Wildman–Crippen LogP) is 4.70. The van der Waals surface area contributed by atoms with E-state index in [0.717, 1.165) is 17.5 Å². The lowest BCUT2D eigenvalue weighted by Gasteiger charge is -2.27. The molecule has 0 aliphatic carbocycles. The molecule has 140 valence electrons. The monoisotopic (exact) mass is 371 g/mol. The first-order chi connectivity index (χ1) is 12.5. The van der Waals surface area contributed by atoms with Crippen LogP contribution in [0.2, 0.25) is 0 Å². The van der Waals surface area contributed by atoms with Gasteiger partial charge in [-0.15, -0.1) is 11.8 Å². The summed E-state index contributed by atoms with van der Waals surface area (Å²) in [5, 5.41) is 10.7. The SMILES string of the molecule is CC(C)CCC(=O)CS[C@H](O)N(Cc1ccccc1)Cc1ccccc1. The molecule has 0 saturated heterocycles. The Morgan fingerprint density at radius 2 is 1.46 bits per heavy atom. The fourth-order valence-corrected chi connectivity index (χ4v) is 3.48. The zero-order valence-corrected chi connectivity index (χ0v) is 16.5. The van der Waals surface area contributed by atoms with Gasteiger partial charge in [-0.1, -0.05) is 74.5 Å². The fourth-order valence-electron chi connectivity index (χ4n) is 2.64. The van der Waals surface area contributed by atoms with Crippen molar-refractivity contribution in [3.63, 3.8) is 0 Å². The van der Waals surface area contributed by atoms with Crippen LogP contribution in [-0.2, 0) is 17.9 Å². The Morgan fingerprint density at radius 1 is 0.962 bits per heavy atom. The third kappa shape index (κ3) is 7.73. The molecule has 1 atom stereocenters. The van der Waals surface area contributed by atoms with Crippen LogP contribution in [0.4, 0.5) is 0 Å². The molecule has 0 aliphatic rings. The van der Waals surface area contributed by atoms with Crippen LogP contribution in [0, 0.1) is 5.92 Å². The normalized spacial score (nSPS) is 12.5. The number of carbonyl (C=O) groups excluding carboxylic acids is 1. The minimum absolute atomic E-state index is 0.210. The van der Waals surface area contributed by atoms with Crippen LogP contribution in [0.3, 0.4) is 0 Å². The molecule has 0 spiro atoms. The molecule has 4 heteroatoms. The van der Waals surface area contributed by atoms with Gasteiger partial charge in [-0.2, -0.15) is 0 Å². The molecule has 2 aromatic carbocycles. The Kier molecular flexibility index (Phi) is 8.89. The summed E-state index contributed by atoms with van der Waals surface area (Å²) in [6.45, 7) is 5.53. The van der Waals surface area contributed by atoms with Gasteiger partial charge in [0.25, 0.3) is 0 Å². The third-order valence-corrected chi connectivity index (χ3v) is 5.25. The van der Waals surface area contributed by atoms with Crippen molar-refractivity contribution in [2.24, 2.45) is 5.92 Å². The number of thioether (sulfide) groups is 1.